The highest BCUT2D eigenvalue weighted by atomic mass is 16.5. The first-order chi connectivity index (χ1) is 16.6. The van der Waals surface area contributed by atoms with Crippen LogP contribution in [-0.4, -0.2) is 40.1 Å². The fraction of sp³-hybridized carbons (Fsp3) is 0.481. The van der Waals surface area contributed by atoms with Gasteiger partial charge in [0.15, 0.2) is 11.5 Å². The molecular formula is C27H38N2O5. The van der Waals surface area contributed by atoms with Gasteiger partial charge in [-0.05, 0) is 42.8 Å². The van der Waals surface area contributed by atoms with Crippen molar-refractivity contribution in [3.8, 4) is 23.0 Å². The van der Waals surface area contributed by atoms with Gasteiger partial charge in [-0.1, -0.05) is 51.9 Å². The third-order valence-electron chi connectivity index (χ3n) is 5.45. The quantitative estimate of drug-likeness (QED) is 0.185. The van der Waals surface area contributed by atoms with Crippen molar-refractivity contribution in [2.75, 3.05) is 27.9 Å². The second-order valence-corrected chi connectivity index (χ2v) is 8.01. The van der Waals surface area contributed by atoms with Gasteiger partial charge in [-0.3, -0.25) is 4.79 Å². The molecule has 2 aromatic carbocycles. The molecule has 0 unspecified atom stereocenters. The van der Waals surface area contributed by atoms with Crippen LogP contribution in [0.5, 0.6) is 23.0 Å². The third kappa shape index (κ3) is 8.96. The van der Waals surface area contributed by atoms with Gasteiger partial charge >= 0.3 is 0 Å². The van der Waals surface area contributed by atoms with E-state index in [-0.39, 0.29) is 5.91 Å². The number of benzene rings is 2. The number of ether oxygens (including phenoxy) is 4. The molecule has 0 atom stereocenters. The first-order valence-corrected chi connectivity index (χ1v) is 12.0. The van der Waals surface area contributed by atoms with E-state index in [1.54, 1.807) is 45.6 Å². The van der Waals surface area contributed by atoms with Crippen LogP contribution in [-0.2, 0) is 0 Å². The van der Waals surface area contributed by atoms with Gasteiger partial charge < -0.3 is 18.9 Å². The number of hydrogen-bond acceptors (Lipinski definition) is 6. The number of nitrogens with zero attached hydrogens (tertiary/aromatic N) is 1. The third-order valence-corrected chi connectivity index (χ3v) is 5.45. The lowest BCUT2D eigenvalue weighted by Gasteiger charge is -2.12. The van der Waals surface area contributed by atoms with E-state index in [0.717, 1.165) is 12.2 Å². The predicted octanol–water partition coefficient (Wildman–Crippen LogP) is 6.00. The van der Waals surface area contributed by atoms with Crippen molar-refractivity contribution in [1.29, 1.82) is 0 Å². The summed E-state index contributed by atoms with van der Waals surface area (Å²) in [6, 6.07) is 10.6. The largest absolute Gasteiger partial charge is 0.494 e. The number of amides is 1. The van der Waals surface area contributed by atoms with Crippen molar-refractivity contribution in [3.63, 3.8) is 0 Å². The van der Waals surface area contributed by atoms with Gasteiger partial charge in [0.05, 0.1) is 34.2 Å². The Kier molecular flexibility index (Phi) is 12.4. The Morgan fingerprint density at radius 3 is 2.00 bits per heavy atom. The molecule has 7 nitrogen and oxygen atoms in total. The molecule has 0 spiro atoms. The Bertz CT molecular complexity index is 871. The number of carbonyl (C=O) groups is 1. The van der Waals surface area contributed by atoms with Crippen LogP contribution >= 0.6 is 0 Å². The zero-order valence-electron chi connectivity index (χ0n) is 20.9. The molecule has 0 saturated heterocycles. The summed E-state index contributed by atoms with van der Waals surface area (Å²) in [5, 5.41) is 4.04. The highest BCUT2D eigenvalue weighted by molar-refractivity contribution is 5.95. The molecule has 1 amide bonds. The Labute approximate surface area is 203 Å². The van der Waals surface area contributed by atoms with Crippen LogP contribution in [0.2, 0.25) is 0 Å². The van der Waals surface area contributed by atoms with Gasteiger partial charge in [0.25, 0.3) is 5.91 Å². The fourth-order valence-electron chi connectivity index (χ4n) is 3.53. The molecule has 7 heteroatoms. The van der Waals surface area contributed by atoms with Gasteiger partial charge in [-0.2, -0.15) is 5.10 Å². The van der Waals surface area contributed by atoms with Crippen molar-refractivity contribution >= 4 is 12.1 Å². The van der Waals surface area contributed by atoms with Crippen LogP contribution in [0.25, 0.3) is 0 Å². The van der Waals surface area contributed by atoms with E-state index in [0.29, 0.717) is 35.0 Å². The summed E-state index contributed by atoms with van der Waals surface area (Å²) in [5.41, 5.74) is 3.73. The number of hydrazone groups is 1. The molecule has 0 bridgehead atoms. The summed E-state index contributed by atoms with van der Waals surface area (Å²) in [5.74, 6) is 1.98. The minimum atomic E-state index is -0.307. The molecule has 0 aliphatic carbocycles. The number of rotatable bonds is 16. The predicted molar refractivity (Wildman–Crippen MR) is 136 cm³/mol. The number of unbranched alkanes of at least 4 members (excludes halogenated alkanes) is 7. The minimum Gasteiger partial charge on any atom is -0.494 e. The topological polar surface area (TPSA) is 78.4 Å². The molecule has 0 aliphatic rings. The summed E-state index contributed by atoms with van der Waals surface area (Å²) in [4.78, 5) is 12.4. The van der Waals surface area contributed by atoms with Crippen LogP contribution in [0.3, 0.4) is 0 Å². The molecule has 0 saturated carbocycles. The molecule has 2 rings (SSSR count). The molecule has 0 aromatic heterocycles. The van der Waals surface area contributed by atoms with Crippen LogP contribution in [0, 0.1) is 0 Å². The summed E-state index contributed by atoms with van der Waals surface area (Å²) in [7, 11) is 4.63. The normalized spacial score (nSPS) is 10.8. The van der Waals surface area contributed by atoms with E-state index in [4.69, 9.17) is 18.9 Å². The van der Waals surface area contributed by atoms with E-state index in [1.807, 2.05) is 12.1 Å². The van der Waals surface area contributed by atoms with E-state index < -0.39 is 0 Å². The maximum Gasteiger partial charge on any atom is 0.271 e. The van der Waals surface area contributed by atoms with Crippen LogP contribution in [0.1, 0.15) is 74.2 Å². The van der Waals surface area contributed by atoms with E-state index in [9.17, 15) is 4.79 Å². The fourth-order valence-corrected chi connectivity index (χ4v) is 3.53. The van der Waals surface area contributed by atoms with Gasteiger partial charge in [-0.15, -0.1) is 0 Å². The number of carbonyl (C=O) groups excluding carboxylic acids is 1. The van der Waals surface area contributed by atoms with E-state index in [1.165, 1.54) is 51.2 Å². The van der Waals surface area contributed by atoms with Crippen molar-refractivity contribution in [1.82, 2.24) is 5.43 Å². The zero-order valence-corrected chi connectivity index (χ0v) is 20.9. The van der Waals surface area contributed by atoms with Gasteiger partial charge in [0.2, 0.25) is 5.75 Å². The summed E-state index contributed by atoms with van der Waals surface area (Å²) in [6.45, 7) is 2.93. The average molecular weight is 471 g/mol. The number of hydrogen-bond donors (Lipinski definition) is 1. The smallest absolute Gasteiger partial charge is 0.271 e. The maximum atomic E-state index is 12.4. The lowest BCUT2D eigenvalue weighted by atomic mass is 10.1. The van der Waals surface area contributed by atoms with Crippen LogP contribution in [0.4, 0.5) is 0 Å². The molecular weight excluding hydrogens is 432 g/mol. The van der Waals surface area contributed by atoms with Crippen molar-refractivity contribution < 1.29 is 23.7 Å². The number of methoxy groups -OCH3 is 3. The zero-order chi connectivity index (χ0) is 24.6. The molecule has 1 N–H and O–H groups in total. The molecule has 34 heavy (non-hydrogen) atoms. The number of nitrogens with one attached hydrogen (secondary N) is 1. The van der Waals surface area contributed by atoms with Gasteiger partial charge in [0, 0.05) is 11.1 Å². The highest BCUT2D eigenvalue weighted by Gasteiger charge is 2.12. The van der Waals surface area contributed by atoms with Gasteiger partial charge in [-0.25, -0.2) is 5.43 Å². The first-order valence-electron chi connectivity index (χ1n) is 12.0. The summed E-state index contributed by atoms with van der Waals surface area (Å²) in [6.07, 6.45) is 11.7. The summed E-state index contributed by atoms with van der Waals surface area (Å²) < 4.78 is 21.8. The molecule has 0 heterocycles. The Morgan fingerprint density at radius 2 is 1.44 bits per heavy atom. The van der Waals surface area contributed by atoms with Crippen molar-refractivity contribution in [2.24, 2.45) is 5.10 Å². The van der Waals surface area contributed by atoms with Crippen LogP contribution in [0.15, 0.2) is 41.5 Å². The lowest BCUT2D eigenvalue weighted by Crippen LogP contribution is -2.17. The molecule has 186 valence electrons. The maximum absolute atomic E-state index is 12.4. The van der Waals surface area contributed by atoms with Crippen LogP contribution < -0.4 is 24.4 Å². The molecule has 0 aliphatic heterocycles. The highest BCUT2D eigenvalue weighted by Crippen LogP contribution is 2.37. The minimum absolute atomic E-state index is 0.307. The molecule has 0 radical (unpaired) electrons. The molecule has 0 fully saturated rings. The average Bonchev–Trinajstić information content (AvgIpc) is 2.87. The Balaban J connectivity index is 1.77. The lowest BCUT2D eigenvalue weighted by molar-refractivity contribution is 0.0955. The molecule has 2 aromatic rings. The monoisotopic (exact) mass is 470 g/mol. The second-order valence-electron chi connectivity index (χ2n) is 8.01. The SMILES string of the molecule is CCCCCCCCCCOc1ccc(C(=O)NN=Cc2cc(OC)c(OC)c(OC)c2)cc1. The summed E-state index contributed by atoms with van der Waals surface area (Å²) >= 11 is 0. The standard InChI is InChI=1S/C27H38N2O5/c1-5-6-7-8-9-10-11-12-17-34-23-15-13-22(14-16-23)27(30)29-28-20-21-18-24(31-2)26(33-4)25(19-21)32-3/h13-16,18-20H,5-12,17H2,1-4H3,(H,29,30). The van der Waals surface area contributed by atoms with Crippen molar-refractivity contribution in [3.05, 3.63) is 47.5 Å². The first kappa shape index (κ1) is 27.0. The second kappa shape index (κ2) is 15.6. The Hall–Kier alpha value is -3.22. The van der Waals surface area contributed by atoms with E-state index in [2.05, 4.69) is 17.5 Å². The van der Waals surface area contributed by atoms with Crippen molar-refractivity contribution in [2.45, 2.75) is 58.3 Å². The van der Waals surface area contributed by atoms with E-state index >= 15 is 0 Å². The Morgan fingerprint density at radius 1 is 0.853 bits per heavy atom. The van der Waals surface area contributed by atoms with Gasteiger partial charge in [0.1, 0.15) is 5.75 Å².